The third kappa shape index (κ3) is 4.26. The molecule has 0 radical (unpaired) electrons. The van der Waals surface area contributed by atoms with Crippen LogP contribution in [0.15, 0.2) is 36.5 Å². The van der Waals surface area contributed by atoms with Crippen molar-refractivity contribution in [2.24, 2.45) is 5.92 Å². The van der Waals surface area contributed by atoms with E-state index in [0.29, 0.717) is 35.6 Å². The molecule has 6 nitrogen and oxygen atoms in total. The van der Waals surface area contributed by atoms with E-state index in [0.717, 1.165) is 0 Å². The lowest BCUT2D eigenvalue weighted by Crippen LogP contribution is -2.33. The van der Waals surface area contributed by atoms with Crippen molar-refractivity contribution in [2.45, 2.75) is 25.3 Å². The highest BCUT2D eigenvalue weighted by Gasteiger charge is 2.30. The van der Waals surface area contributed by atoms with E-state index in [2.05, 4.69) is 10.3 Å². The van der Waals surface area contributed by atoms with E-state index in [9.17, 15) is 9.59 Å². The second kappa shape index (κ2) is 7.93. The zero-order valence-corrected chi connectivity index (χ0v) is 15.1. The number of carbonyl (C=O) groups is 2. The standard InChI is InChI=1S/C18H16Cl2N2O4/c19-13-2-1-3-14(16(13)20)26-15-7-5-11(9-21-15)17(23)22-12-6-4-10(8-12)18(24)25/h1-3,5,7,9-10,12H,4,6,8H2,(H,22,23)(H,24,25)/t10-,12+/m0/s1. The molecule has 1 aliphatic rings. The molecule has 0 spiro atoms. The van der Waals surface area contributed by atoms with Crippen molar-refractivity contribution >= 4 is 35.1 Å². The second-order valence-electron chi connectivity index (χ2n) is 6.06. The lowest BCUT2D eigenvalue weighted by atomic mass is 10.1. The molecule has 8 heteroatoms. The summed E-state index contributed by atoms with van der Waals surface area (Å²) in [6.45, 7) is 0. The van der Waals surface area contributed by atoms with Crippen LogP contribution < -0.4 is 10.1 Å². The Kier molecular flexibility index (Phi) is 5.64. The van der Waals surface area contributed by atoms with Crippen LogP contribution in [-0.2, 0) is 4.79 Å². The molecule has 1 heterocycles. The van der Waals surface area contributed by atoms with Gasteiger partial charge in [0.1, 0.15) is 10.8 Å². The van der Waals surface area contributed by atoms with Crippen LogP contribution in [0.1, 0.15) is 29.6 Å². The van der Waals surface area contributed by atoms with Gasteiger partial charge in [0.05, 0.1) is 16.5 Å². The number of pyridine rings is 1. The highest BCUT2D eigenvalue weighted by molar-refractivity contribution is 6.42. The number of benzene rings is 1. The van der Waals surface area contributed by atoms with Crippen molar-refractivity contribution in [1.29, 1.82) is 0 Å². The highest BCUT2D eigenvalue weighted by Crippen LogP contribution is 2.34. The molecular weight excluding hydrogens is 379 g/mol. The third-order valence-electron chi connectivity index (χ3n) is 4.25. The summed E-state index contributed by atoms with van der Waals surface area (Å²) in [5.41, 5.74) is 0.369. The number of hydrogen-bond acceptors (Lipinski definition) is 4. The number of halogens is 2. The maximum Gasteiger partial charge on any atom is 0.306 e. The average molecular weight is 395 g/mol. The van der Waals surface area contributed by atoms with Crippen molar-refractivity contribution in [3.05, 3.63) is 52.1 Å². The van der Waals surface area contributed by atoms with Crippen LogP contribution in [0.5, 0.6) is 11.6 Å². The van der Waals surface area contributed by atoms with Gasteiger partial charge < -0.3 is 15.2 Å². The van der Waals surface area contributed by atoms with E-state index in [4.69, 9.17) is 33.0 Å². The Labute approximate surface area is 160 Å². The summed E-state index contributed by atoms with van der Waals surface area (Å²) >= 11 is 12.0. The van der Waals surface area contributed by atoms with Gasteiger partial charge in [-0.05, 0) is 37.5 Å². The van der Waals surface area contributed by atoms with Gasteiger partial charge in [-0.2, -0.15) is 0 Å². The number of nitrogens with one attached hydrogen (secondary N) is 1. The van der Waals surface area contributed by atoms with E-state index >= 15 is 0 Å². The molecule has 2 atom stereocenters. The molecule has 1 amide bonds. The quantitative estimate of drug-likeness (QED) is 0.794. The normalized spacial score (nSPS) is 19.2. The van der Waals surface area contributed by atoms with Crippen LogP contribution in [0.2, 0.25) is 10.0 Å². The van der Waals surface area contributed by atoms with E-state index in [1.807, 2.05) is 0 Å². The van der Waals surface area contributed by atoms with Crippen LogP contribution in [0, 0.1) is 5.92 Å². The molecule has 1 aromatic heterocycles. The van der Waals surface area contributed by atoms with Crippen LogP contribution in [-0.4, -0.2) is 28.0 Å². The Morgan fingerprint density at radius 1 is 1.19 bits per heavy atom. The van der Waals surface area contributed by atoms with E-state index in [1.165, 1.54) is 6.20 Å². The third-order valence-corrected chi connectivity index (χ3v) is 5.05. The molecule has 1 saturated carbocycles. The van der Waals surface area contributed by atoms with E-state index in [-0.39, 0.29) is 22.9 Å². The molecule has 2 aromatic rings. The molecule has 136 valence electrons. The number of aliphatic carboxylic acids is 1. The maximum atomic E-state index is 12.3. The summed E-state index contributed by atoms with van der Waals surface area (Å²) in [6.07, 6.45) is 3.08. The van der Waals surface area contributed by atoms with Crippen molar-refractivity contribution in [1.82, 2.24) is 10.3 Å². The van der Waals surface area contributed by atoms with Crippen LogP contribution in [0.25, 0.3) is 0 Å². The molecule has 2 N–H and O–H groups in total. The molecule has 0 aliphatic heterocycles. The maximum absolute atomic E-state index is 12.3. The molecular formula is C18H16Cl2N2O4. The Morgan fingerprint density at radius 2 is 2.00 bits per heavy atom. The van der Waals surface area contributed by atoms with Gasteiger partial charge in [0, 0.05) is 18.3 Å². The molecule has 1 aromatic carbocycles. The Hall–Kier alpha value is -2.31. The number of hydrogen-bond donors (Lipinski definition) is 2. The number of amides is 1. The highest BCUT2D eigenvalue weighted by atomic mass is 35.5. The number of carboxylic acids is 1. The summed E-state index contributed by atoms with van der Waals surface area (Å²) < 4.78 is 5.57. The van der Waals surface area contributed by atoms with Gasteiger partial charge in [0.15, 0.2) is 0 Å². The first-order valence-electron chi connectivity index (χ1n) is 8.05. The van der Waals surface area contributed by atoms with Crippen LogP contribution in [0.3, 0.4) is 0 Å². The summed E-state index contributed by atoms with van der Waals surface area (Å²) in [7, 11) is 0. The van der Waals surface area contributed by atoms with Gasteiger partial charge in [-0.15, -0.1) is 0 Å². The molecule has 0 unspecified atom stereocenters. The Bertz CT molecular complexity index is 826. The first-order chi connectivity index (χ1) is 12.4. The predicted molar refractivity (Wildman–Crippen MR) is 97.0 cm³/mol. The van der Waals surface area contributed by atoms with Crippen LogP contribution >= 0.6 is 23.2 Å². The lowest BCUT2D eigenvalue weighted by molar-refractivity contribution is -0.141. The predicted octanol–water partition coefficient (Wildman–Crippen LogP) is 4.16. The second-order valence-corrected chi connectivity index (χ2v) is 6.84. The van der Waals surface area contributed by atoms with Crippen molar-refractivity contribution in [3.63, 3.8) is 0 Å². The number of rotatable bonds is 5. The molecule has 26 heavy (non-hydrogen) atoms. The SMILES string of the molecule is O=C(N[C@@H]1CC[C@H](C(=O)O)C1)c1ccc(Oc2cccc(Cl)c2Cl)nc1. The van der Waals surface area contributed by atoms with Gasteiger partial charge in [0.2, 0.25) is 5.88 Å². The number of ether oxygens (including phenoxy) is 1. The minimum atomic E-state index is -0.815. The topological polar surface area (TPSA) is 88.5 Å². The van der Waals surface area contributed by atoms with Gasteiger partial charge in [-0.1, -0.05) is 29.3 Å². The minimum Gasteiger partial charge on any atom is -0.481 e. The molecule has 3 rings (SSSR count). The fraction of sp³-hybridized carbons (Fsp3) is 0.278. The van der Waals surface area contributed by atoms with Gasteiger partial charge >= 0.3 is 5.97 Å². The van der Waals surface area contributed by atoms with Gasteiger partial charge in [0.25, 0.3) is 5.91 Å². The summed E-state index contributed by atoms with van der Waals surface area (Å²) in [5, 5.41) is 12.5. The molecule has 1 aliphatic carbocycles. The van der Waals surface area contributed by atoms with Crippen molar-refractivity contribution in [3.8, 4) is 11.6 Å². The molecule has 0 saturated heterocycles. The molecule has 1 fully saturated rings. The van der Waals surface area contributed by atoms with Crippen molar-refractivity contribution < 1.29 is 19.4 Å². The van der Waals surface area contributed by atoms with Crippen molar-refractivity contribution in [2.75, 3.05) is 0 Å². The largest absolute Gasteiger partial charge is 0.481 e. The fourth-order valence-corrected chi connectivity index (χ4v) is 3.19. The Balaban J connectivity index is 1.61. The zero-order valence-electron chi connectivity index (χ0n) is 13.6. The van der Waals surface area contributed by atoms with E-state index in [1.54, 1.807) is 30.3 Å². The average Bonchev–Trinajstić information content (AvgIpc) is 3.08. The van der Waals surface area contributed by atoms with Gasteiger partial charge in [-0.25, -0.2) is 4.98 Å². The van der Waals surface area contributed by atoms with E-state index < -0.39 is 11.9 Å². The number of nitrogens with zero attached hydrogens (tertiary/aromatic N) is 1. The number of carbonyl (C=O) groups excluding carboxylic acids is 1. The number of aromatic nitrogens is 1. The fourth-order valence-electron chi connectivity index (χ4n) is 2.86. The summed E-state index contributed by atoms with van der Waals surface area (Å²) in [4.78, 5) is 27.4. The number of carboxylic acid groups (broad SMARTS) is 1. The van der Waals surface area contributed by atoms with Gasteiger partial charge in [-0.3, -0.25) is 9.59 Å². The monoisotopic (exact) mass is 394 g/mol. The first kappa shape index (κ1) is 18.5. The summed E-state index contributed by atoms with van der Waals surface area (Å²) in [5.74, 6) is -0.853. The summed E-state index contributed by atoms with van der Waals surface area (Å²) in [6, 6.07) is 8.02. The first-order valence-corrected chi connectivity index (χ1v) is 8.81. The minimum absolute atomic E-state index is 0.134. The van der Waals surface area contributed by atoms with Crippen LogP contribution in [0.4, 0.5) is 0 Å². The molecule has 0 bridgehead atoms. The zero-order chi connectivity index (χ0) is 18.7. The smallest absolute Gasteiger partial charge is 0.306 e. The lowest BCUT2D eigenvalue weighted by Gasteiger charge is -2.12. The Morgan fingerprint density at radius 3 is 2.65 bits per heavy atom.